The van der Waals surface area contributed by atoms with Crippen LogP contribution in [0.15, 0.2) is 24.3 Å². The highest BCUT2D eigenvalue weighted by molar-refractivity contribution is 5.76. The molecule has 1 aliphatic rings. The van der Waals surface area contributed by atoms with E-state index in [0.717, 1.165) is 5.56 Å². The summed E-state index contributed by atoms with van der Waals surface area (Å²) in [7, 11) is 0. The lowest BCUT2D eigenvalue weighted by Crippen LogP contribution is -2.29. The van der Waals surface area contributed by atoms with Crippen molar-refractivity contribution in [2.45, 2.75) is 32.0 Å². The number of ether oxygens (including phenoxy) is 1. The summed E-state index contributed by atoms with van der Waals surface area (Å²) in [6.45, 7) is -1.83. The van der Waals surface area contributed by atoms with Gasteiger partial charge in [-0.3, -0.25) is 4.79 Å². The van der Waals surface area contributed by atoms with Crippen LogP contribution in [-0.2, 0) is 11.2 Å². The first-order valence-electron chi connectivity index (χ1n) is 6.54. The van der Waals surface area contributed by atoms with Crippen molar-refractivity contribution < 1.29 is 23.4 Å². The fraction of sp³-hybridized carbons (Fsp3) is 0.500. The van der Waals surface area contributed by atoms with E-state index in [2.05, 4.69) is 4.74 Å². The summed E-state index contributed by atoms with van der Waals surface area (Å²) in [6, 6.07) is 6.27. The average molecular weight is 285 g/mol. The molecule has 0 spiro atoms. The van der Waals surface area contributed by atoms with Crippen molar-refractivity contribution in [1.29, 1.82) is 0 Å². The van der Waals surface area contributed by atoms with Crippen LogP contribution in [-0.4, -0.2) is 41.7 Å². The molecule has 1 atom stereocenters. The van der Waals surface area contributed by atoms with Gasteiger partial charge in [-0.05, 0) is 30.5 Å². The van der Waals surface area contributed by atoms with Gasteiger partial charge in [-0.15, -0.1) is 0 Å². The zero-order chi connectivity index (χ0) is 14.5. The molecule has 0 bridgehead atoms. The van der Waals surface area contributed by atoms with Gasteiger partial charge in [-0.2, -0.15) is 8.78 Å². The minimum Gasteiger partial charge on any atom is -0.435 e. The Balaban J connectivity index is 1.80. The van der Waals surface area contributed by atoms with Crippen molar-refractivity contribution in [3.05, 3.63) is 29.8 Å². The Morgan fingerprint density at radius 2 is 2.10 bits per heavy atom. The van der Waals surface area contributed by atoms with Crippen LogP contribution in [0.3, 0.4) is 0 Å². The number of alkyl halides is 2. The second-order valence-electron chi connectivity index (χ2n) is 4.80. The fourth-order valence-electron chi connectivity index (χ4n) is 2.22. The number of nitrogens with zero attached hydrogens (tertiary/aromatic N) is 1. The third-order valence-electron chi connectivity index (χ3n) is 3.29. The fourth-order valence-corrected chi connectivity index (χ4v) is 2.22. The molecule has 1 N–H and O–H groups in total. The molecule has 1 aromatic rings. The summed E-state index contributed by atoms with van der Waals surface area (Å²) in [5, 5.41) is 9.37. The van der Waals surface area contributed by atoms with E-state index in [0.29, 0.717) is 32.4 Å². The van der Waals surface area contributed by atoms with Gasteiger partial charge in [0.1, 0.15) is 5.75 Å². The predicted molar refractivity (Wildman–Crippen MR) is 68.6 cm³/mol. The maximum atomic E-state index is 12.0. The standard InChI is InChI=1S/C14H17F2NO3/c15-14(16)20-12-4-1-10(2-5-12)3-6-13(19)17-8-7-11(18)9-17/h1-2,4-5,11,14,18H,3,6-9H2/t11-/m1/s1. The Morgan fingerprint density at radius 3 is 2.65 bits per heavy atom. The third-order valence-corrected chi connectivity index (χ3v) is 3.29. The number of aryl methyl sites for hydroxylation is 1. The maximum absolute atomic E-state index is 12.0. The zero-order valence-electron chi connectivity index (χ0n) is 11.0. The zero-order valence-corrected chi connectivity index (χ0v) is 11.0. The molecule has 1 heterocycles. The minimum atomic E-state index is -2.83. The maximum Gasteiger partial charge on any atom is 0.387 e. The summed E-state index contributed by atoms with van der Waals surface area (Å²) in [5.41, 5.74) is 0.889. The number of hydrogen-bond donors (Lipinski definition) is 1. The van der Waals surface area contributed by atoms with Crippen molar-refractivity contribution in [2.75, 3.05) is 13.1 Å². The molecule has 1 fully saturated rings. The lowest BCUT2D eigenvalue weighted by atomic mass is 10.1. The van der Waals surface area contributed by atoms with Crippen molar-refractivity contribution in [1.82, 2.24) is 4.90 Å². The number of likely N-dealkylation sites (tertiary alicyclic amines) is 1. The first-order valence-corrected chi connectivity index (χ1v) is 6.54. The van der Waals surface area contributed by atoms with Crippen LogP contribution in [0.2, 0.25) is 0 Å². The molecule has 110 valence electrons. The van der Waals surface area contributed by atoms with Crippen LogP contribution in [0, 0.1) is 0 Å². The van der Waals surface area contributed by atoms with Gasteiger partial charge in [0.15, 0.2) is 0 Å². The molecule has 0 radical (unpaired) electrons. The number of hydrogen-bond acceptors (Lipinski definition) is 3. The van der Waals surface area contributed by atoms with Crippen molar-refractivity contribution in [3.63, 3.8) is 0 Å². The molecule has 0 aromatic heterocycles. The predicted octanol–water partition coefficient (Wildman–Crippen LogP) is 1.81. The molecular formula is C14H17F2NO3. The van der Waals surface area contributed by atoms with Gasteiger partial charge in [-0.1, -0.05) is 12.1 Å². The number of amides is 1. The second-order valence-corrected chi connectivity index (χ2v) is 4.80. The molecule has 1 aromatic carbocycles. The van der Waals surface area contributed by atoms with Gasteiger partial charge in [0.05, 0.1) is 6.10 Å². The number of benzene rings is 1. The summed E-state index contributed by atoms with van der Waals surface area (Å²) in [4.78, 5) is 13.5. The van der Waals surface area contributed by atoms with Crippen molar-refractivity contribution in [2.24, 2.45) is 0 Å². The average Bonchev–Trinajstić information content (AvgIpc) is 2.84. The molecular weight excluding hydrogens is 268 g/mol. The van der Waals surface area contributed by atoms with E-state index in [4.69, 9.17) is 0 Å². The number of carbonyl (C=O) groups is 1. The quantitative estimate of drug-likeness (QED) is 0.897. The molecule has 6 heteroatoms. The molecule has 1 saturated heterocycles. The number of β-amino-alcohol motifs (C(OH)–C–C–N with tert-alkyl or cyclic N) is 1. The van der Waals surface area contributed by atoms with Crippen LogP contribution in [0.1, 0.15) is 18.4 Å². The third kappa shape index (κ3) is 4.16. The Kier molecular flexibility index (Phi) is 4.89. The molecule has 1 aliphatic heterocycles. The number of aliphatic hydroxyl groups is 1. The Morgan fingerprint density at radius 1 is 1.40 bits per heavy atom. The first-order chi connectivity index (χ1) is 9.54. The van der Waals surface area contributed by atoms with Crippen LogP contribution in [0.4, 0.5) is 8.78 Å². The van der Waals surface area contributed by atoms with E-state index in [1.54, 1.807) is 17.0 Å². The Hall–Kier alpha value is -1.69. The first kappa shape index (κ1) is 14.7. The van der Waals surface area contributed by atoms with Crippen LogP contribution in [0.5, 0.6) is 5.75 Å². The summed E-state index contributed by atoms with van der Waals surface area (Å²) < 4.78 is 28.2. The molecule has 0 saturated carbocycles. The van der Waals surface area contributed by atoms with Gasteiger partial charge >= 0.3 is 6.61 Å². The molecule has 20 heavy (non-hydrogen) atoms. The monoisotopic (exact) mass is 285 g/mol. The number of aliphatic hydroxyl groups excluding tert-OH is 1. The van der Waals surface area contributed by atoms with Crippen molar-refractivity contribution >= 4 is 5.91 Å². The highest BCUT2D eigenvalue weighted by atomic mass is 19.3. The molecule has 4 nitrogen and oxygen atoms in total. The highest BCUT2D eigenvalue weighted by Gasteiger charge is 2.23. The number of rotatable bonds is 5. The van der Waals surface area contributed by atoms with Gasteiger partial charge in [0.25, 0.3) is 0 Å². The summed E-state index contributed by atoms with van der Waals surface area (Å²) >= 11 is 0. The van der Waals surface area contributed by atoms with Crippen LogP contribution >= 0.6 is 0 Å². The van der Waals surface area contributed by atoms with E-state index < -0.39 is 12.7 Å². The lowest BCUT2D eigenvalue weighted by molar-refractivity contribution is -0.130. The molecule has 0 unspecified atom stereocenters. The Bertz CT molecular complexity index is 450. The van der Waals surface area contributed by atoms with Gasteiger partial charge in [0.2, 0.25) is 5.91 Å². The van der Waals surface area contributed by atoms with E-state index in [9.17, 15) is 18.7 Å². The largest absolute Gasteiger partial charge is 0.435 e. The van der Waals surface area contributed by atoms with Crippen LogP contribution in [0.25, 0.3) is 0 Å². The van der Waals surface area contributed by atoms with Crippen molar-refractivity contribution in [3.8, 4) is 5.75 Å². The van der Waals surface area contributed by atoms with E-state index in [1.165, 1.54) is 12.1 Å². The molecule has 0 aliphatic carbocycles. The van der Waals surface area contributed by atoms with E-state index in [-0.39, 0.29) is 11.7 Å². The SMILES string of the molecule is O=C(CCc1ccc(OC(F)F)cc1)N1CC[C@@H](O)C1. The van der Waals surface area contributed by atoms with Gasteiger partial charge < -0.3 is 14.7 Å². The molecule has 2 rings (SSSR count). The molecule has 1 amide bonds. The topological polar surface area (TPSA) is 49.8 Å². The normalized spacial score (nSPS) is 18.6. The Labute approximate surface area is 116 Å². The summed E-state index contributed by atoms with van der Waals surface area (Å²) in [5.74, 6) is 0.118. The number of carbonyl (C=O) groups excluding carboxylic acids is 1. The minimum absolute atomic E-state index is 0.00876. The van der Waals surface area contributed by atoms with E-state index >= 15 is 0 Å². The summed E-state index contributed by atoms with van der Waals surface area (Å²) in [6.07, 6.45) is 1.11. The smallest absolute Gasteiger partial charge is 0.387 e. The van der Waals surface area contributed by atoms with Gasteiger partial charge in [0, 0.05) is 19.5 Å². The van der Waals surface area contributed by atoms with Gasteiger partial charge in [-0.25, -0.2) is 0 Å². The van der Waals surface area contributed by atoms with Crippen LogP contribution < -0.4 is 4.74 Å². The lowest BCUT2D eigenvalue weighted by Gasteiger charge is -2.15. The number of halogens is 2. The second kappa shape index (κ2) is 6.65. The highest BCUT2D eigenvalue weighted by Crippen LogP contribution is 2.17. The van der Waals surface area contributed by atoms with E-state index in [1.807, 2.05) is 0 Å².